The predicted molar refractivity (Wildman–Crippen MR) is 119 cm³/mol. The van der Waals surface area contributed by atoms with E-state index in [1.54, 1.807) is 18.3 Å². The van der Waals surface area contributed by atoms with Crippen LogP contribution in [0.2, 0.25) is 0 Å². The van der Waals surface area contributed by atoms with Crippen LogP contribution in [0.25, 0.3) is 5.57 Å². The second kappa shape index (κ2) is 8.12. The SMILES string of the molecule is CCc1cnc(C2=CC(N3C[C@H]4C[C@@H]3CN4c3ccc(C(=O)NC)nc3F)CC2)[nH]c1=O. The van der Waals surface area contributed by atoms with Crippen LogP contribution in [0.3, 0.4) is 0 Å². The number of piperazine rings is 1. The van der Waals surface area contributed by atoms with Gasteiger partial charge in [-0.2, -0.15) is 4.39 Å². The number of hydrogen-bond acceptors (Lipinski definition) is 6. The monoisotopic (exact) mass is 438 g/mol. The fraction of sp³-hybridized carbons (Fsp3) is 0.478. The predicted octanol–water partition coefficient (Wildman–Crippen LogP) is 1.73. The summed E-state index contributed by atoms with van der Waals surface area (Å²) in [4.78, 5) is 39.7. The first-order chi connectivity index (χ1) is 15.5. The first-order valence-electron chi connectivity index (χ1n) is 11.2. The van der Waals surface area contributed by atoms with Crippen molar-refractivity contribution >= 4 is 17.2 Å². The third-order valence-corrected chi connectivity index (χ3v) is 6.97. The number of hydrogen-bond donors (Lipinski definition) is 2. The minimum atomic E-state index is -0.598. The van der Waals surface area contributed by atoms with Gasteiger partial charge in [0.15, 0.2) is 0 Å². The van der Waals surface area contributed by atoms with Gasteiger partial charge >= 0.3 is 0 Å². The van der Waals surface area contributed by atoms with E-state index in [0.717, 1.165) is 37.9 Å². The molecular weight excluding hydrogens is 411 g/mol. The third kappa shape index (κ3) is 3.50. The maximum absolute atomic E-state index is 14.7. The fourth-order valence-electron chi connectivity index (χ4n) is 5.29. The van der Waals surface area contributed by atoms with Crippen molar-refractivity contribution < 1.29 is 9.18 Å². The van der Waals surface area contributed by atoms with E-state index in [9.17, 15) is 14.0 Å². The molecule has 2 bridgehead atoms. The second-order valence-electron chi connectivity index (χ2n) is 8.72. The van der Waals surface area contributed by atoms with Gasteiger partial charge in [0.25, 0.3) is 11.5 Å². The Bertz CT molecular complexity index is 1150. The number of carbonyl (C=O) groups excluding carboxylic acids is 1. The second-order valence-corrected chi connectivity index (χ2v) is 8.72. The fourth-order valence-corrected chi connectivity index (χ4v) is 5.29. The maximum Gasteiger partial charge on any atom is 0.269 e. The van der Waals surface area contributed by atoms with Crippen molar-refractivity contribution in [3.05, 3.63) is 57.8 Å². The van der Waals surface area contributed by atoms with Crippen LogP contribution in [0.15, 0.2) is 29.2 Å². The van der Waals surface area contributed by atoms with E-state index in [-0.39, 0.29) is 17.3 Å². The molecular formula is C23H27FN6O2. The summed E-state index contributed by atoms with van der Waals surface area (Å²) in [6, 6.07) is 4.10. The van der Waals surface area contributed by atoms with E-state index in [2.05, 4.69) is 36.1 Å². The number of allylic oxidation sites excluding steroid dienone is 1. The number of aromatic nitrogens is 3. The lowest BCUT2D eigenvalue weighted by Crippen LogP contribution is -2.49. The Hall–Kier alpha value is -3.07. The highest BCUT2D eigenvalue weighted by atomic mass is 19.1. The molecule has 3 aliphatic rings. The molecule has 1 amide bonds. The molecule has 9 heteroatoms. The molecule has 2 aliphatic heterocycles. The highest BCUT2D eigenvalue weighted by Crippen LogP contribution is 2.39. The summed E-state index contributed by atoms with van der Waals surface area (Å²) < 4.78 is 14.7. The number of aryl methyl sites for hydroxylation is 1. The molecule has 168 valence electrons. The lowest BCUT2D eigenvalue weighted by Gasteiger charge is -2.38. The number of likely N-dealkylation sites (tertiary alicyclic amines) is 1. The van der Waals surface area contributed by atoms with Crippen LogP contribution in [0.1, 0.15) is 48.1 Å². The molecule has 3 atom stereocenters. The molecule has 0 radical (unpaired) electrons. The van der Waals surface area contributed by atoms with Gasteiger partial charge in [-0.3, -0.25) is 14.5 Å². The van der Waals surface area contributed by atoms with E-state index in [0.29, 0.717) is 35.6 Å². The number of pyridine rings is 1. The minimum absolute atomic E-state index is 0.0595. The lowest BCUT2D eigenvalue weighted by molar-refractivity contribution is 0.0957. The molecule has 5 rings (SSSR count). The average Bonchev–Trinajstić information content (AvgIpc) is 3.54. The number of amides is 1. The summed E-state index contributed by atoms with van der Waals surface area (Å²) >= 11 is 0. The molecule has 8 nitrogen and oxygen atoms in total. The minimum Gasteiger partial charge on any atom is -0.362 e. The Kier molecular flexibility index (Phi) is 5.28. The maximum atomic E-state index is 14.7. The molecule has 0 saturated carbocycles. The number of carbonyl (C=O) groups is 1. The van der Waals surface area contributed by atoms with Crippen LogP contribution >= 0.6 is 0 Å². The van der Waals surface area contributed by atoms with Crippen molar-refractivity contribution in [3.8, 4) is 0 Å². The summed E-state index contributed by atoms with van der Waals surface area (Å²) in [6.45, 7) is 3.54. The van der Waals surface area contributed by atoms with Gasteiger partial charge in [-0.15, -0.1) is 0 Å². The number of fused-ring (bicyclic) bond motifs is 2. The smallest absolute Gasteiger partial charge is 0.269 e. The molecule has 2 saturated heterocycles. The summed E-state index contributed by atoms with van der Waals surface area (Å²) in [6.07, 6.45) is 7.44. The quantitative estimate of drug-likeness (QED) is 0.691. The topological polar surface area (TPSA) is 94.2 Å². The standard InChI is InChI=1S/C23H27FN6O2/c1-3-13-10-26-21(28-22(13)31)14-4-5-15(8-14)29-11-17-9-16(29)12-30(17)19-7-6-18(23(32)25-2)27-20(19)24/h6-8,10,15-17H,3-5,9,11-12H2,1-2H3,(H,25,32)(H,26,28,31)/t15?,16-,17-/m1/s1. The zero-order valence-electron chi connectivity index (χ0n) is 18.3. The van der Waals surface area contributed by atoms with Gasteiger partial charge in [-0.05, 0) is 43.4 Å². The zero-order chi connectivity index (χ0) is 22.4. The van der Waals surface area contributed by atoms with Crippen molar-refractivity contribution in [2.75, 3.05) is 25.0 Å². The summed E-state index contributed by atoms with van der Waals surface area (Å²) in [7, 11) is 1.50. The van der Waals surface area contributed by atoms with Gasteiger partial charge in [-0.25, -0.2) is 9.97 Å². The first kappa shape index (κ1) is 20.8. The highest BCUT2D eigenvalue weighted by Gasteiger charge is 2.46. The Labute approximate surface area is 185 Å². The number of anilines is 1. The van der Waals surface area contributed by atoms with Gasteiger partial charge in [0.05, 0.1) is 5.69 Å². The van der Waals surface area contributed by atoms with Gasteiger partial charge in [0.1, 0.15) is 11.5 Å². The van der Waals surface area contributed by atoms with Crippen LogP contribution < -0.4 is 15.8 Å². The zero-order valence-corrected chi connectivity index (χ0v) is 18.3. The molecule has 0 aromatic carbocycles. The summed E-state index contributed by atoms with van der Waals surface area (Å²) in [5.41, 5.74) is 2.28. The number of H-pyrrole nitrogens is 1. The van der Waals surface area contributed by atoms with Crippen LogP contribution in [0.4, 0.5) is 10.1 Å². The van der Waals surface area contributed by atoms with Crippen molar-refractivity contribution in [3.63, 3.8) is 0 Å². The molecule has 2 aromatic rings. The Morgan fingerprint density at radius 3 is 2.81 bits per heavy atom. The van der Waals surface area contributed by atoms with Crippen LogP contribution in [-0.2, 0) is 6.42 Å². The van der Waals surface area contributed by atoms with Crippen molar-refractivity contribution in [2.45, 2.75) is 50.7 Å². The van der Waals surface area contributed by atoms with Crippen LogP contribution in [0.5, 0.6) is 0 Å². The molecule has 1 aliphatic carbocycles. The molecule has 1 unspecified atom stereocenters. The highest BCUT2D eigenvalue weighted by molar-refractivity contribution is 5.92. The van der Waals surface area contributed by atoms with E-state index in [1.165, 1.54) is 7.05 Å². The molecule has 2 fully saturated rings. The van der Waals surface area contributed by atoms with E-state index >= 15 is 0 Å². The third-order valence-electron chi connectivity index (χ3n) is 6.97. The molecule has 2 aromatic heterocycles. The molecule has 32 heavy (non-hydrogen) atoms. The Morgan fingerprint density at radius 1 is 1.31 bits per heavy atom. The Morgan fingerprint density at radius 2 is 2.16 bits per heavy atom. The van der Waals surface area contributed by atoms with Crippen molar-refractivity contribution in [2.24, 2.45) is 0 Å². The van der Waals surface area contributed by atoms with Crippen molar-refractivity contribution in [1.82, 2.24) is 25.2 Å². The number of halogens is 1. The molecule has 2 N–H and O–H groups in total. The Balaban J connectivity index is 1.29. The van der Waals surface area contributed by atoms with E-state index in [4.69, 9.17) is 0 Å². The normalized spacial score (nSPS) is 24.8. The van der Waals surface area contributed by atoms with Crippen molar-refractivity contribution in [1.29, 1.82) is 0 Å². The number of nitrogens with one attached hydrogen (secondary N) is 2. The number of aromatic amines is 1. The molecule has 0 spiro atoms. The van der Waals surface area contributed by atoms with Crippen LogP contribution in [0, 0.1) is 5.95 Å². The largest absolute Gasteiger partial charge is 0.362 e. The van der Waals surface area contributed by atoms with Gasteiger partial charge in [0.2, 0.25) is 5.95 Å². The van der Waals surface area contributed by atoms with Crippen LogP contribution in [-0.4, -0.2) is 64.0 Å². The summed E-state index contributed by atoms with van der Waals surface area (Å²) in [5, 5.41) is 2.47. The average molecular weight is 439 g/mol. The number of nitrogens with zero attached hydrogens (tertiary/aromatic N) is 4. The number of rotatable bonds is 5. The lowest BCUT2D eigenvalue weighted by atomic mass is 10.1. The van der Waals surface area contributed by atoms with Gasteiger partial charge in [0, 0.05) is 50.0 Å². The van der Waals surface area contributed by atoms with E-state index in [1.807, 2.05) is 6.92 Å². The molecule has 4 heterocycles. The van der Waals surface area contributed by atoms with E-state index < -0.39 is 11.9 Å². The first-order valence-corrected chi connectivity index (χ1v) is 11.2. The van der Waals surface area contributed by atoms with Gasteiger partial charge in [-0.1, -0.05) is 13.0 Å². The van der Waals surface area contributed by atoms with Gasteiger partial charge < -0.3 is 15.2 Å². The summed E-state index contributed by atoms with van der Waals surface area (Å²) in [5.74, 6) is -0.322.